The predicted molar refractivity (Wildman–Crippen MR) is 195 cm³/mol. The summed E-state index contributed by atoms with van der Waals surface area (Å²) >= 11 is 0. The van der Waals surface area contributed by atoms with Crippen LogP contribution in [0.1, 0.15) is 23.3 Å². The molecule has 0 amide bonds. The average molecular weight is 685 g/mol. The Labute approximate surface area is 296 Å². The summed E-state index contributed by atoms with van der Waals surface area (Å²) in [4.78, 5) is 31.7. The average Bonchev–Trinajstić information content (AvgIpc) is 3.20. The van der Waals surface area contributed by atoms with Gasteiger partial charge in [-0.2, -0.15) is 0 Å². The van der Waals surface area contributed by atoms with Crippen LogP contribution < -0.4 is 29.9 Å². The van der Waals surface area contributed by atoms with Gasteiger partial charge in [-0.1, -0.05) is 24.3 Å². The molecule has 2 saturated heterocycles. The summed E-state index contributed by atoms with van der Waals surface area (Å²) in [7, 11) is 0. The molecule has 13 heteroatoms. The quantitative estimate of drug-likeness (QED) is 0.191. The number of nitrogens with one attached hydrogen (secondary N) is 2. The third-order valence-electron chi connectivity index (χ3n) is 9.25. The van der Waals surface area contributed by atoms with Crippen molar-refractivity contribution in [1.29, 1.82) is 0 Å². The lowest BCUT2D eigenvalue weighted by Crippen LogP contribution is -2.44. The highest BCUT2D eigenvalue weighted by Gasteiger charge is 2.25. The molecular weight excluding hydrogens is 644 g/mol. The molecule has 2 N–H and O–H groups in total. The van der Waals surface area contributed by atoms with Gasteiger partial charge in [0.05, 0.1) is 13.2 Å². The Bertz CT molecular complexity index is 1930. The van der Waals surface area contributed by atoms with Crippen LogP contribution in [0, 0.1) is 0 Å². The molecule has 13 nitrogen and oxygen atoms in total. The Balaban J connectivity index is 1.09. The first-order chi connectivity index (χ1) is 25.3. The fraction of sp³-hybridized carbons (Fsp3) is 0.316. The standard InChI is InChI=1S/C38H40N10O3/c1-3-29(21-31-23-41-7-5-27(1)31)33(50-37-35(43-9-11-45-37)47-17-13-39-14-18-47)25-49-26-34(30-4-2-28-6-8-42-24-32(28)22-30)51-38-36(44-10-12-46-38)48-19-15-40-16-20-48/h1-12,21-24,33-34,39-40H,13-20,25-26H2. The monoisotopic (exact) mass is 684 g/mol. The van der Waals surface area contributed by atoms with Crippen molar-refractivity contribution in [3.63, 3.8) is 0 Å². The van der Waals surface area contributed by atoms with Crippen molar-refractivity contribution in [2.24, 2.45) is 0 Å². The van der Waals surface area contributed by atoms with Gasteiger partial charge in [-0.3, -0.25) is 9.97 Å². The van der Waals surface area contributed by atoms with Gasteiger partial charge in [-0.15, -0.1) is 0 Å². The van der Waals surface area contributed by atoms with E-state index in [4.69, 9.17) is 14.2 Å². The number of piperazine rings is 2. The number of anilines is 2. The summed E-state index contributed by atoms with van der Waals surface area (Å²) in [6.45, 7) is 7.19. The van der Waals surface area contributed by atoms with Crippen LogP contribution in [0.3, 0.4) is 0 Å². The molecule has 4 aromatic heterocycles. The second-order valence-corrected chi connectivity index (χ2v) is 12.6. The zero-order valence-electron chi connectivity index (χ0n) is 28.3. The second kappa shape index (κ2) is 15.6. The van der Waals surface area contributed by atoms with E-state index in [0.29, 0.717) is 11.8 Å². The summed E-state index contributed by atoms with van der Waals surface area (Å²) in [5.74, 6) is 2.38. The zero-order valence-corrected chi connectivity index (χ0v) is 28.3. The zero-order chi connectivity index (χ0) is 34.2. The van der Waals surface area contributed by atoms with Gasteiger partial charge in [0.25, 0.3) is 11.8 Å². The Morgan fingerprint density at radius 1 is 0.529 bits per heavy atom. The van der Waals surface area contributed by atoms with Crippen LogP contribution in [0.15, 0.2) is 98.1 Å². The Hall–Kier alpha value is -5.50. The van der Waals surface area contributed by atoms with E-state index in [1.54, 1.807) is 37.2 Å². The molecule has 0 bridgehead atoms. The van der Waals surface area contributed by atoms with E-state index in [0.717, 1.165) is 96.7 Å². The highest BCUT2D eigenvalue weighted by Crippen LogP contribution is 2.32. The summed E-state index contributed by atoms with van der Waals surface area (Å²) < 4.78 is 20.0. The predicted octanol–water partition coefficient (Wildman–Crippen LogP) is 4.14. The first-order valence-electron chi connectivity index (χ1n) is 17.4. The van der Waals surface area contributed by atoms with E-state index < -0.39 is 12.2 Å². The summed E-state index contributed by atoms with van der Waals surface area (Å²) in [5.41, 5.74) is 1.88. The number of aromatic nitrogens is 6. The molecule has 2 aliphatic rings. The van der Waals surface area contributed by atoms with E-state index >= 15 is 0 Å². The fourth-order valence-electron chi connectivity index (χ4n) is 6.54. The number of nitrogens with zero attached hydrogens (tertiary/aromatic N) is 8. The Morgan fingerprint density at radius 3 is 1.45 bits per heavy atom. The summed E-state index contributed by atoms with van der Waals surface area (Å²) in [6.07, 6.45) is 13.1. The van der Waals surface area contributed by atoms with Crippen LogP contribution in [0.5, 0.6) is 11.8 Å². The molecule has 51 heavy (non-hydrogen) atoms. The van der Waals surface area contributed by atoms with Gasteiger partial charge in [-0.05, 0) is 46.2 Å². The van der Waals surface area contributed by atoms with Gasteiger partial charge in [0.1, 0.15) is 12.2 Å². The van der Waals surface area contributed by atoms with Crippen LogP contribution in [-0.4, -0.2) is 95.5 Å². The van der Waals surface area contributed by atoms with E-state index in [1.165, 1.54) is 0 Å². The smallest absolute Gasteiger partial charge is 0.258 e. The van der Waals surface area contributed by atoms with Gasteiger partial charge in [0, 0.05) is 113 Å². The lowest BCUT2D eigenvalue weighted by atomic mass is 10.0. The number of hydrogen-bond donors (Lipinski definition) is 2. The molecule has 2 aliphatic heterocycles. The SMILES string of the molecule is c1cc2ccc(C(COCC(Oc3nccnc3N3CCNCC3)c3ccc4ccncc4c3)Oc3nccnc3N3CCNCC3)cc2cn1. The van der Waals surface area contributed by atoms with E-state index in [1.807, 2.05) is 24.5 Å². The van der Waals surface area contributed by atoms with Gasteiger partial charge >= 0.3 is 0 Å². The van der Waals surface area contributed by atoms with Crippen molar-refractivity contribution in [2.45, 2.75) is 12.2 Å². The Kier molecular flexibility index (Phi) is 9.99. The van der Waals surface area contributed by atoms with Crippen LogP contribution in [0.4, 0.5) is 11.6 Å². The van der Waals surface area contributed by atoms with Crippen LogP contribution in [0.25, 0.3) is 21.5 Å². The van der Waals surface area contributed by atoms with Crippen molar-refractivity contribution in [3.8, 4) is 11.8 Å². The number of ether oxygens (including phenoxy) is 3. The molecule has 2 atom stereocenters. The molecule has 6 aromatic rings. The van der Waals surface area contributed by atoms with Crippen molar-refractivity contribution >= 4 is 33.2 Å². The minimum Gasteiger partial charge on any atom is -0.464 e. The van der Waals surface area contributed by atoms with E-state index in [-0.39, 0.29) is 13.2 Å². The molecule has 0 saturated carbocycles. The molecule has 8 rings (SSSR count). The first kappa shape index (κ1) is 32.7. The minimum atomic E-state index is -0.498. The van der Waals surface area contributed by atoms with Crippen LogP contribution in [0.2, 0.25) is 0 Å². The van der Waals surface area contributed by atoms with Gasteiger partial charge in [-0.25, -0.2) is 19.9 Å². The summed E-state index contributed by atoms with van der Waals surface area (Å²) in [6, 6.07) is 16.5. The molecule has 0 radical (unpaired) electrons. The number of fused-ring (bicyclic) bond motifs is 2. The first-order valence-corrected chi connectivity index (χ1v) is 17.4. The highest BCUT2D eigenvalue weighted by molar-refractivity contribution is 5.82. The second-order valence-electron chi connectivity index (χ2n) is 12.6. The minimum absolute atomic E-state index is 0.226. The number of hydrogen-bond acceptors (Lipinski definition) is 13. The number of benzene rings is 2. The normalized spacial score (nSPS) is 16.2. The highest BCUT2D eigenvalue weighted by atomic mass is 16.6. The molecular formula is C38H40N10O3. The van der Waals surface area contributed by atoms with Crippen molar-refractivity contribution in [3.05, 3.63) is 109 Å². The third-order valence-corrected chi connectivity index (χ3v) is 9.25. The maximum Gasteiger partial charge on any atom is 0.258 e. The molecule has 2 fully saturated rings. The lowest BCUT2D eigenvalue weighted by molar-refractivity contribution is 0.00453. The Morgan fingerprint density at radius 2 is 0.980 bits per heavy atom. The van der Waals surface area contributed by atoms with Crippen molar-refractivity contribution in [1.82, 2.24) is 40.5 Å². The number of pyridine rings is 2. The van der Waals surface area contributed by atoms with Crippen LogP contribution >= 0.6 is 0 Å². The fourth-order valence-corrected chi connectivity index (χ4v) is 6.54. The number of rotatable bonds is 12. The van der Waals surface area contributed by atoms with Crippen molar-refractivity contribution < 1.29 is 14.2 Å². The topological polar surface area (TPSA) is 136 Å². The molecule has 2 unspecified atom stereocenters. The molecule has 0 spiro atoms. The van der Waals surface area contributed by atoms with Crippen molar-refractivity contribution in [2.75, 3.05) is 75.4 Å². The third kappa shape index (κ3) is 7.65. The molecule has 0 aliphatic carbocycles. The molecule has 260 valence electrons. The van der Waals surface area contributed by atoms with Gasteiger partial charge < -0.3 is 34.6 Å². The lowest BCUT2D eigenvalue weighted by Gasteiger charge is -2.30. The maximum absolute atomic E-state index is 6.73. The summed E-state index contributed by atoms with van der Waals surface area (Å²) in [5, 5.41) is 11.0. The van der Waals surface area contributed by atoms with E-state index in [2.05, 4.69) is 86.7 Å². The molecule has 6 heterocycles. The van der Waals surface area contributed by atoms with Gasteiger partial charge in [0.15, 0.2) is 11.6 Å². The largest absolute Gasteiger partial charge is 0.464 e. The van der Waals surface area contributed by atoms with E-state index in [9.17, 15) is 0 Å². The maximum atomic E-state index is 6.73. The molecule has 2 aromatic carbocycles. The van der Waals surface area contributed by atoms with Crippen LogP contribution in [-0.2, 0) is 4.74 Å². The van der Waals surface area contributed by atoms with Gasteiger partial charge in [0.2, 0.25) is 0 Å².